The van der Waals surface area contributed by atoms with Gasteiger partial charge >= 0.3 is 5.97 Å². The second-order valence-electron chi connectivity index (χ2n) is 7.22. The Morgan fingerprint density at radius 3 is 2.66 bits per heavy atom. The zero-order chi connectivity index (χ0) is 20.6. The summed E-state index contributed by atoms with van der Waals surface area (Å²) in [5.74, 6) is 0.355. The molecule has 0 aliphatic carbocycles. The third kappa shape index (κ3) is 5.51. The van der Waals surface area contributed by atoms with Crippen molar-refractivity contribution in [3.05, 3.63) is 66.2 Å². The average Bonchev–Trinajstić information content (AvgIpc) is 2.73. The van der Waals surface area contributed by atoms with Crippen molar-refractivity contribution in [3.63, 3.8) is 0 Å². The summed E-state index contributed by atoms with van der Waals surface area (Å²) in [5, 5.41) is 4.79. The van der Waals surface area contributed by atoms with Gasteiger partial charge in [0.25, 0.3) is 0 Å². The summed E-state index contributed by atoms with van der Waals surface area (Å²) >= 11 is 6.25. The van der Waals surface area contributed by atoms with E-state index in [1.807, 2.05) is 36.4 Å². The molecule has 0 radical (unpaired) electrons. The van der Waals surface area contributed by atoms with E-state index in [9.17, 15) is 4.79 Å². The molecule has 0 N–H and O–H groups in total. The average molecular weight is 411 g/mol. The molecule has 4 heteroatoms. The lowest BCUT2D eigenvalue weighted by atomic mass is 10.0. The Labute approximate surface area is 177 Å². The quantitative estimate of drug-likeness (QED) is 0.155. The highest BCUT2D eigenvalue weighted by molar-refractivity contribution is 6.31. The fourth-order valence-electron chi connectivity index (χ4n) is 3.51. The van der Waals surface area contributed by atoms with E-state index in [4.69, 9.17) is 21.1 Å². The number of fused-ring (bicyclic) bond motifs is 2. The highest BCUT2D eigenvalue weighted by atomic mass is 35.5. The van der Waals surface area contributed by atoms with Gasteiger partial charge in [-0.2, -0.15) is 0 Å². The molecule has 0 bridgehead atoms. The van der Waals surface area contributed by atoms with Crippen LogP contribution in [0.5, 0.6) is 5.75 Å². The van der Waals surface area contributed by atoms with Gasteiger partial charge in [-0.05, 0) is 41.8 Å². The molecule has 0 heterocycles. The molecule has 1 unspecified atom stereocenters. The second-order valence-corrected chi connectivity index (χ2v) is 7.65. The van der Waals surface area contributed by atoms with Crippen LogP contribution in [-0.2, 0) is 9.53 Å². The van der Waals surface area contributed by atoms with Gasteiger partial charge in [-0.25, -0.2) is 4.79 Å². The van der Waals surface area contributed by atoms with Crippen LogP contribution in [0.3, 0.4) is 0 Å². The predicted molar refractivity (Wildman–Crippen MR) is 121 cm³/mol. The van der Waals surface area contributed by atoms with E-state index >= 15 is 0 Å². The van der Waals surface area contributed by atoms with Crippen LogP contribution >= 0.6 is 11.6 Å². The van der Waals surface area contributed by atoms with Gasteiger partial charge in [0.2, 0.25) is 0 Å². The summed E-state index contributed by atoms with van der Waals surface area (Å²) < 4.78 is 11.8. The number of carbonyl (C=O) groups excluding carboxylic acids is 1. The highest BCUT2D eigenvalue weighted by Gasteiger charge is 2.16. The SMILES string of the molecule is C=CC(=O)OC(CCCCCC)COc1c2ccccc2cc2ccc(Cl)cc12. The zero-order valence-corrected chi connectivity index (χ0v) is 17.6. The first-order valence-corrected chi connectivity index (χ1v) is 10.6. The molecule has 0 aliphatic heterocycles. The largest absolute Gasteiger partial charge is 0.488 e. The molecule has 29 heavy (non-hydrogen) atoms. The minimum atomic E-state index is -0.417. The van der Waals surface area contributed by atoms with Crippen LogP contribution in [0, 0.1) is 0 Å². The van der Waals surface area contributed by atoms with E-state index in [1.54, 1.807) is 0 Å². The van der Waals surface area contributed by atoms with Crippen LogP contribution < -0.4 is 4.74 Å². The maximum Gasteiger partial charge on any atom is 0.330 e. The molecule has 1 atom stereocenters. The number of benzene rings is 3. The molecule has 0 saturated heterocycles. The van der Waals surface area contributed by atoms with E-state index in [0.29, 0.717) is 11.6 Å². The number of carbonyl (C=O) groups is 1. The Hall–Kier alpha value is -2.52. The van der Waals surface area contributed by atoms with Crippen LogP contribution in [0.2, 0.25) is 5.02 Å². The Morgan fingerprint density at radius 1 is 1.07 bits per heavy atom. The van der Waals surface area contributed by atoms with Gasteiger partial charge in [0, 0.05) is 21.9 Å². The van der Waals surface area contributed by atoms with Gasteiger partial charge < -0.3 is 9.47 Å². The standard InChI is InChI=1S/C25H27ClO3/c1-3-5-6-7-11-21(29-24(27)4-2)17-28-25-22-12-9-8-10-18(22)15-19-13-14-20(26)16-23(19)25/h4,8-10,12-16,21H,2-3,5-7,11,17H2,1H3. The summed E-state index contributed by atoms with van der Waals surface area (Å²) in [7, 11) is 0. The van der Waals surface area contributed by atoms with E-state index in [1.165, 1.54) is 12.5 Å². The number of ether oxygens (including phenoxy) is 2. The Morgan fingerprint density at radius 2 is 1.86 bits per heavy atom. The molecule has 3 aromatic rings. The lowest BCUT2D eigenvalue weighted by Gasteiger charge is -2.20. The van der Waals surface area contributed by atoms with Crippen LogP contribution in [0.1, 0.15) is 39.0 Å². The molecule has 3 rings (SSSR count). The van der Waals surface area contributed by atoms with Crippen molar-refractivity contribution in [3.8, 4) is 5.75 Å². The summed E-state index contributed by atoms with van der Waals surface area (Å²) in [6.45, 7) is 5.97. The molecule has 0 saturated carbocycles. The van der Waals surface area contributed by atoms with Crippen LogP contribution in [0.4, 0.5) is 0 Å². The van der Waals surface area contributed by atoms with Gasteiger partial charge in [0.1, 0.15) is 18.5 Å². The summed E-state index contributed by atoms with van der Waals surface area (Å²) in [6.07, 6.45) is 6.10. The number of unbranched alkanes of at least 4 members (excludes halogenated alkanes) is 3. The van der Waals surface area contributed by atoms with Gasteiger partial charge in [0.15, 0.2) is 0 Å². The molecule has 0 spiro atoms. The van der Waals surface area contributed by atoms with Gasteiger partial charge in [-0.1, -0.05) is 74.7 Å². The van der Waals surface area contributed by atoms with Gasteiger partial charge in [-0.3, -0.25) is 0 Å². The molecular weight excluding hydrogens is 384 g/mol. The van der Waals surface area contributed by atoms with Crippen molar-refractivity contribution in [2.75, 3.05) is 6.61 Å². The summed E-state index contributed by atoms with van der Waals surface area (Å²) in [5.41, 5.74) is 0. The number of halogens is 1. The Bertz CT molecular complexity index is 996. The van der Waals surface area contributed by atoms with Crippen molar-refractivity contribution in [1.82, 2.24) is 0 Å². The molecular formula is C25H27ClO3. The van der Waals surface area contributed by atoms with Crippen LogP contribution in [-0.4, -0.2) is 18.7 Å². The maximum atomic E-state index is 11.8. The third-order valence-electron chi connectivity index (χ3n) is 5.02. The third-order valence-corrected chi connectivity index (χ3v) is 5.25. The minimum absolute atomic E-state index is 0.293. The Kier molecular flexibility index (Phi) is 7.54. The van der Waals surface area contributed by atoms with E-state index in [0.717, 1.165) is 53.0 Å². The zero-order valence-electron chi connectivity index (χ0n) is 16.8. The summed E-state index contributed by atoms with van der Waals surface area (Å²) in [4.78, 5) is 11.8. The first-order valence-electron chi connectivity index (χ1n) is 10.2. The lowest BCUT2D eigenvalue weighted by molar-refractivity contribution is -0.144. The van der Waals surface area contributed by atoms with Crippen LogP contribution in [0.25, 0.3) is 21.5 Å². The molecule has 0 fully saturated rings. The fraction of sp³-hybridized carbons (Fsp3) is 0.320. The fourth-order valence-corrected chi connectivity index (χ4v) is 3.68. The minimum Gasteiger partial charge on any atom is -0.488 e. The maximum absolute atomic E-state index is 11.8. The first kappa shape index (κ1) is 21.2. The number of rotatable bonds is 10. The smallest absolute Gasteiger partial charge is 0.330 e. The molecule has 0 aromatic heterocycles. The topological polar surface area (TPSA) is 35.5 Å². The molecule has 3 nitrogen and oxygen atoms in total. The van der Waals surface area contributed by atoms with Crippen molar-refractivity contribution in [1.29, 1.82) is 0 Å². The molecule has 0 aliphatic rings. The Balaban J connectivity index is 1.87. The lowest BCUT2D eigenvalue weighted by Crippen LogP contribution is -2.24. The van der Waals surface area contributed by atoms with Gasteiger partial charge in [0.05, 0.1) is 0 Å². The van der Waals surface area contributed by atoms with E-state index in [-0.39, 0.29) is 6.10 Å². The first-order chi connectivity index (χ1) is 14.1. The normalized spacial score (nSPS) is 12.1. The number of esters is 1. The summed E-state index contributed by atoms with van der Waals surface area (Å²) in [6, 6.07) is 16.0. The highest BCUT2D eigenvalue weighted by Crippen LogP contribution is 2.36. The molecule has 3 aromatic carbocycles. The van der Waals surface area contributed by atoms with Crippen molar-refractivity contribution < 1.29 is 14.3 Å². The van der Waals surface area contributed by atoms with Crippen molar-refractivity contribution in [2.45, 2.75) is 45.1 Å². The number of hydrogen-bond donors (Lipinski definition) is 0. The monoisotopic (exact) mass is 410 g/mol. The van der Waals surface area contributed by atoms with Crippen molar-refractivity contribution >= 4 is 39.1 Å². The van der Waals surface area contributed by atoms with Gasteiger partial charge in [-0.15, -0.1) is 0 Å². The van der Waals surface area contributed by atoms with Crippen molar-refractivity contribution in [2.24, 2.45) is 0 Å². The molecule has 152 valence electrons. The van der Waals surface area contributed by atoms with Crippen LogP contribution in [0.15, 0.2) is 61.2 Å². The van der Waals surface area contributed by atoms with E-state index < -0.39 is 5.97 Å². The molecule has 0 amide bonds. The predicted octanol–water partition coefficient (Wildman–Crippen LogP) is 7.09. The van der Waals surface area contributed by atoms with E-state index in [2.05, 4.69) is 25.6 Å². The number of hydrogen-bond acceptors (Lipinski definition) is 3. The second kappa shape index (κ2) is 10.3.